The van der Waals surface area contributed by atoms with E-state index in [1.165, 1.54) is 29.6 Å². The van der Waals surface area contributed by atoms with Gasteiger partial charge in [-0.3, -0.25) is 0 Å². The van der Waals surface area contributed by atoms with Crippen molar-refractivity contribution in [1.29, 1.82) is 0 Å². The minimum atomic E-state index is 0.814. The van der Waals surface area contributed by atoms with Gasteiger partial charge in [-0.2, -0.15) is 0 Å². The molecule has 0 atom stereocenters. The van der Waals surface area contributed by atoms with Gasteiger partial charge in [0.25, 0.3) is 0 Å². The molecule has 0 unspecified atom stereocenters. The highest BCUT2D eigenvalue weighted by molar-refractivity contribution is 5.79. The molecule has 0 bridgehead atoms. The Morgan fingerprint density at radius 2 is 2.15 bits per heavy atom. The van der Waals surface area contributed by atoms with E-state index in [1.54, 1.807) is 6.20 Å². The summed E-state index contributed by atoms with van der Waals surface area (Å²) in [6.07, 6.45) is 6.58. The van der Waals surface area contributed by atoms with E-state index >= 15 is 0 Å². The first kappa shape index (κ1) is 7.13. The molecule has 0 fully saturated rings. The minimum Gasteiger partial charge on any atom is -0.442 e. The molecule has 2 nitrogen and oxygen atoms in total. The lowest BCUT2D eigenvalue weighted by atomic mass is 9.97. The lowest BCUT2D eigenvalue weighted by Crippen LogP contribution is -1.98. The Bertz CT molecular complexity index is 444. The Kier molecular flexibility index (Phi) is 1.42. The van der Waals surface area contributed by atoms with Crippen LogP contribution in [-0.2, 0) is 12.8 Å². The molecule has 2 aromatic heterocycles. The maximum absolute atomic E-state index is 5.68. The van der Waals surface area contributed by atoms with E-state index < -0.39 is 0 Å². The highest BCUT2D eigenvalue weighted by Crippen LogP contribution is 2.30. The van der Waals surface area contributed by atoms with Crippen LogP contribution in [0.15, 0.2) is 22.7 Å². The second-order valence-corrected chi connectivity index (χ2v) is 3.57. The van der Waals surface area contributed by atoms with Gasteiger partial charge < -0.3 is 4.42 Å². The van der Waals surface area contributed by atoms with Crippen LogP contribution >= 0.6 is 0 Å². The maximum atomic E-state index is 5.68. The van der Waals surface area contributed by atoms with Crippen molar-refractivity contribution in [1.82, 2.24) is 4.98 Å². The molecule has 0 spiro atoms. The number of aromatic nitrogens is 1. The maximum Gasteiger partial charge on any atom is 0.226 e. The molecule has 2 heteroatoms. The zero-order valence-corrected chi connectivity index (χ0v) is 7.42. The third kappa shape index (κ3) is 0.981. The standard InChI is InChI=1S/C11H11NO/c1-2-6-10-8(4-1)9-5-3-7-12-11(9)13-10/h3,5,7H,1-2,4,6H2. The van der Waals surface area contributed by atoms with E-state index in [4.69, 9.17) is 4.42 Å². The van der Waals surface area contributed by atoms with E-state index in [0.29, 0.717) is 0 Å². The van der Waals surface area contributed by atoms with Crippen molar-refractivity contribution in [2.24, 2.45) is 0 Å². The first-order valence-electron chi connectivity index (χ1n) is 4.80. The fourth-order valence-corrected chi connectivity index (χ4v) is 2.09. The van der Waals surface area contributed by atoms with Gasteiger partial charge in [-0.05, 0) is 31.4 Å². The molecule has 0 radical (unpaired) electrons. The van der Waals surface area contributed by atoms with Crippen LogP contribution in [0.5, 0.6) is 0 Å². The molecule has 0 aromatic carbocycles. The summed E-state index contributed by atoms with van der Waals surface area (Å²) in [6.45, 7) is 0. The van der Waals surface area contributed by atoms with Gasteiger partial charge in [0.2, 0.25) is 5.71 Å². The Labute approximate surface area is 76.6 Å². The number of rotatable bonds is 0. The first-order valence-corrected chi connectivity index (χ1v) is 4.80. The molecule has 2 heterocycles. The van der Waals surface area contributed by atoms with Gasteiger partial charge in [-0.15, -0.1) is 0 Å². The average Bonchev–Trinajstić information content (AvgIpc) is 2.56. The minimum absolute atomic E-state index is 0.814. The number of hydrogen-bond acceptors (Lipinski definition) is 2. The van der Waals surface area contributed by atoms with E-state index in [1.807, 2.05) is 6.07 Å². The predicted octanol–water partition coefficient (Wildman–Crippen LogP) is 2.71. The van der Waals surface area contributed by atoms with Gasteiger partial charge in [0.05, 0.1) is 0 Å². The van der Waals surface area contributed by atoms with Gasteiger partial charge in [0.1, 0.15) is 5.76 Å². The predicted molar refractivity (Wildman–Crippen MR) is 50.7 cm³/mol. The molecule has 66 valence electrons. The summed E-state index contributed by atoms with van der Waals surface area (Å²) < 4.78 is 5.68. The number of nitrogens with zero attached hydrogens (tertiary/aromatic N) is 1. The third-order valence-corrected chi connectivity index (χ3v) is 2.73. The Hall–Kier alpha value is -1.31. The van der Waals surface area contributed by atoms with Crippen LogP contribution in [-0.4, -0.2) is 4.98 Å². The van der Waals surface area contributed by atoms with Crippen molar-refractivity contribution in [3.8, 4) is 0 Å². The monoisotopic (exact) mass is 173 g/mol. The Balaban J connectivity index is 2.34. The van der Waals surface area contributed by atoms with Crippen LogP contribution in [0.2, 0.25) is 0 Å². The summed E-state index contributed by atoms with van der Waals surface area (Å²) in [6, 6.07) is 4.09. The second-order valence-electron chi connectivity index (χ2n) is 3.57. The molecular weight excluding hydrogens is 162 g/mol. The largest absolute Gasteiger partial charge is 0.442 e. The molecule has 13 heavy (non-hydrogen) atoms. The van der Waals surface area contributed by atoms with E-state index in [0.717, 1.165) is 18.6 Å². The van der Waals surface area contributed by atoms with E-state index in [-0.39, 0.29) is 0 Å². The molecule has 3 rings (SSSR count). The van der Waals surface area contributed by atoms with Gasteiger partial charge in [0.15, 0.2) is 0 Å². The van der Waals surface area contributed by atoms with Crippen molar-refractivity contribution >= 4 is 11.1 Å². The van der Waals surface area contributed by atoms with Crippen molar-refractivity contribution in [2.45, 2.75) is 25.7 Å². The topological polar surface area (TPSA) is 26.0 Å². The summed E-state index contributed by atoms with van der Waals surface area (Å²) >= 11 is 0. The summed E-state index contributed by atoms with van der Waals surface area (Å²) in [5.74, 6) is 1.17. The zero-order chi connectivity index (χ0) is 8.67. The fourth-order valence-electron chi connectivity index (χ4n) is 2.09. The van der Waals surface area contributed by atoms with Crippen LogP contribution in [0.3, 0.4) is 0 Å². The average molecular weight is 173 g/mol. The van der Waals surface area contributed by atoms with Gasteiger partial charge in [-0.25, -0.2) is 4.98 Å². The molecule has 1 aliphatic rings. The van der Waals surface area contributed by atoms with Crippen molar-refractivity contribution in [2.75, 3.05) is 0 Å². The lowest BCUT2D eigenvalue weighted by Gasteiger charge is -2.07. The van der Waals surface area contributed by atoms with Gasteiger partial charge in [-0.1, -0.05) is 0 Å². The number of pyridine rings is 1. The molecule has 0 aliphatic heterocycles. The second kappa shape index (κ2) is 2.59. The highest BCUT2D eigenvalue weighted by Gasteiger charge is 2.17. The number of hydrogen-bond donors (Lipinski definition) is 0. The Morgan fingerprint density at radius 3 is 3.15 bits per heavy atom. The molecule has 0 saturated carbocycles. The fraction of sp³-hybridized carbons (Fsp3) is 0.364. The molecule has 2 aromatic rings. The van der Waals surface area contributed by atoms with Crippen LogP contribution in [0.4, 0.5) is 0 Å². The van der Waals surface area contributed by atoms with Crippen molar-refractivity contribution in [3.05, 3.63) is 29.7 Å². The molecule has 1 aliphatic carbocycles. The van der Waals surface area contributed by atoms with Crippen LogP contribution in [0.25, 0.3) is 11.1 Å². The smallest absolute Gasteiger partial charge is 0.226 e. The third-order valence-electron chi connectivity index (χ3n) is 2.73. The lowest BCUT2D eigenvalue weighted by molar-refractivity contribution is 0.500. The summed E-state index contributed by atoms with van der Waals surface area (Å²) in [7, 11) is 0. The van der Waals surface area contributed by atoms with Gasteiger partial charge in [0, 0.05) is 23.6 Å². The molecule has 0 saturated heterocycles. The summed E-state index contributed by atoms with van der Waals surface area (Å²) in [4.78, 5) is 4.22. The van der Waals surface area contributed by atoms with Crippen molar-refractivity contribution in [3.63, 3.8) is 0 Å². The number of aryl methyl sites for hydroxylation is 2. The summed E-state index contributed by atoms with van der Waals surface area (Å²) in [5, 5.41) is 1.22. The van der Waals surface area contributed by atoms with E-state index in [9.17, 15) is 0 Å². The quantitative estimate of drug-likeness (QED) is 0.612. The molecular formula is C11H11NO. The first-order chi connectivity index (χ1) is 6.45. The zero-order valence-electron chi connectivity index (χ0n) is 7.42. The van der Waals surface area contributed by atoms with E-state index in [2.05, 4.69) is 11.1 Å². The molecule has 0 N–H and O–H groups in total. The van der Waals surface area contributed by atoms with Crippen LogP contribution < -0.4 is 0 Å². The Morgan fingerprint density at radius 1 is 1.23 bits per heavy atom. The molecule has 0 amide bonds. The van der Waals surface area contributed by atoms with Gasteiger partial charge >= 0.3 is 0 Å². The van der Waals surface area contributed by atoms with Crippen molar-refractivity contribution < 1.29 is 4.42 Å². The number of fused-ring (bicyclic) bond motifs is 3. The van der Waals surface area contributed by atoms with Crippen LogP contribution in [0.1, 0.15) is 24.2 Å². The highest BCUT2D eigenvalue weighted by atomic mass is 16.3. The van der Waals surface area contributed by atoms with Crippen LogP contribution in [0, 0.1) is 0 Å². The number of furan rings is 1. The SMILES string of the molecule is c1cnc2oc3c(c2c1)CCCC3. The summed E-state index contributed by atoms with van der Waals surface area (Å²) in [5.41, 5.74) is 2.21. The normalized spacial score (nSPS) is 16.0.